The molecule has 1 aliphatic rings. The molecule has 10 nitrogen and oxygen atoms in total. The van der Waals surface area contributed by atoms with Crippen LogP contribution in [0.3, 0.4) is 0 Å². The SMILES string of the molecule is C=CCc1cc(/C=C2\C(=O)NC(=O)N(c3ccc(C)c(C)c3)C2=O)cc(OCC)c1OCc1ccc([N+](=O)[O-])cc1. The minimum absolute atomic E-state index is 0.0208. The maximum atomic E-state index is 13.4. The van der Waals surface area contributed by atoms with E-state index in [0.717, 1.165) is 21.6 Å². The number of barbiturate groups is 1. The molecule has 4 rings (SSSR count). The Bertz CT molecular complexity index is 1580. The number of nitrogens with one attached hydrogen (secondary N) is 1. The first-order chi connectivity index (χ1) is 19.6. The van der Waals surface area contributed by atoms with E-state index in [1.165, 1.54) is 18.2 Å². The monoisotopic (exact) mass is 555 g/mol. The molecule has 0 aromatic heterocycles. The Morgan fingerprint density at radius 3 is 2.37 bits per heavy atom. The van der Waals surface area contributed by atoms with Crippen molar-refractivity contribution in [3.05, 3.63) is 111 Å². The molecule has 41 heavy (non-hydrogen) atoms. The lowest BCUT2D eigenvalue weighted by Crippen LogP contribution is -2.54. The zero-order valence-electron chi connectivity index (χ0n) is 22.9. The third-order valence-electron chi connectivity index (χ3n) is 6.51. The predicted octanol–water partition coefficient (Wildman–Crippen LogP) is 5.58. The minimum Gasteiger partial charge on any atom is -0.490 e. The molecule has 0 aliphatic carbocycles. The molecule has 1 saturated heterocycles. The van der Waals surface area contributed by atoms with Crippen LogP contribution in [-0.2, 0) is 22.6 Å². The van der Waals surface area contributed by atoms with Gasteiger partial charge in [-0.2, -0.15) is 0 Å². The molecule has 0 saturated carbocycles. The van der Waals surface area contributed by atoms with E-state index in [1.807, 2.05) is 20.8 Å². The van der Waals surface area contributed by atoms with Crippen LogP contribution in [0, 0.1) is 24.0 Å². The van der Waals surface area contributed by atoms with E-state index < -0.39 is 22.8 Å². The second-order valence-electron chi connectivity index (χ2n) is 9.37. The number of nitro groups is 1. The molecule has 0 unspecified atom stereocenters. The summed E-state index contributed by atoms with van der Waals surface area (Å²) < 4.78 is 11.9. The molecule has 1 fully saturated rings. The van der Waals surface area contributed by atoms with Crippen LogP contribution in [0.15, 0.2) is 72.8 Å². The number of hydrogen-bond donors (Lipinski definition) is 1. The lowest BCUT2D eigenvalue weighted by molar-refractivity contribution is -0.384. The normalized spacial score (nSPS) is 14.2. The number of anilines is 1. The Balaban J connectivity index is 1.70. The number of carbonyl (C=O) groups is 3. The first-order valence-electron chi connectivity index (χ1n) is 12.9. The fourth-order valence-electron chi connectivity index (χ4n) is 4.29. The first kappa shape index (κ1) is 28.8. The van der Waals surface area contributed by atoms with Crippen molar-refractivity contribution < 1.29 is 28.8 Å². The summed E-state index contributed by atoms with van der Waals surface area (Å²) in [5, 5.41) is 13.2. The summed E-state index contributed by atoms with van der Waals surface area (Å²) in [5.41, 5.74) is 3.90. The Kier molecular flexibility index (Phi) is 8.62. The van der Waals surface area contributed by atoms with Crippen LogP contribution in [0.1, 0.15) is 34.7 Å². The van der Waals surface area contributed by atoms with Gasteiger partial charge in [0.2, 0.25) is 0 Å². The highest BCUT2D eigenvalue weighted by Crippen LogP contribution is 2.36. The van der Waals surface area contributed by atoms with Gasteiger partial charge in [0, 0.05) is 17.7 Å². The summed E-state index contributed by atoms with van der Waals surface area (Å²) in [6, 6.07) is 13.8. The van der Waals surface area contributed by atoms with Crippen LogP contribution < -0.4 is 19.7 Å². The van der Waals surface area contributed by atoms with Crippen LogP contribution in [0.4, 0.5) is 16.2 Å². The number of benzene rings is 3. The van der Waals surface area contributed by atoms with Crippen molar-refractivity contribution in [2.45, 2.75) is 33.8 Å². The molecule has 10 heteroatoms. The summed E-state index contributed by atoms with van der Waals surface area (Å²) >= 11 is 0. The summed E-state index contributed by atoms with van der Waals surface area (Å²) in [4.78, 5) is 50.3. The number of allylic oxidation sites excluding steroid dienone is 1. The molecule has 0 radical (unpaired) electrons. The standard InChI is InChI=1S/C31H29N3O7/c1-5-7-23-15-22(17-27(40-6-2)28(23)41-18-21-9-12-24(13-10-21)34(38)39)16-26-29(35)32-31(37)33(30(26)36)25-11-8-19(3)20(4)14-25/h5,8-17H,1,6-7,18H2,2-4H3,(H,32,35,37)/b26-16+. The number of ether oxygens (including phenoxy) is 2. The average molecular weight is 556 g/mol. The zero-order valence-corrected chi connectivity index (χ0v) is 22.9. The predicted molar refractivity (Wildman–Crippen MR) is 154 cm³/mol. The number of rotatable bonds is 10. The Morgan fingerprint density at radius 1 is 1.00 bits per heavy atom. The number of hydrogen-bond acceptors (Lipinski definition) is 7. The fourth-order valence-corrected chi connectivity index (χ4v) is 4.29. The number of imide groups is 2. The van der Waals surface area contributed by atoms with Gasteiger partial charge in [0.15, 0.2) is 11.5 Å². The topological polar surface area (TPSA) is 128 Å². The molecular formula is C31H29N3O7. The molecule has 210 valence electrons. The highest BCUT2D eigenvalue weighted by Gasteiger charge is 2.37. The van der Waals surface area contributed by atoms with Crippen molar-refractivity contribution in [2.24, 2.45) is 0 Å². The summed E-state index contributed by atoms with van der Waals surface area (Å²) in [5.74, 6) is -0.726. The second kappa shape index (κ2) is 12.3. The molecule has 0 spiro atoms. The van der Waals surface area contributed by atoms with Crippen molar-refractivity contribution in [3.8, 4) is 11.5 Å². The number of urea groups is 1. The van der Waals surface area contributed by atoms with Crippen molar-refractivity contribution in [3.63, 3.8) is 0 Å². The third kappa shape index (κ3) is 6.33. The van der Waals surface area contributed by atoms with E-state index >= 15 is 0 Å². The average Bonchev–Trinajstić information content (AvgIpc) is 2.93. The van der Waals surface area contributed by atoms with Crippen LogP contribution >= 0.6 is 0 Å². The number of nitrogens with zero attached hydrogens (tertiary/aromatic N) is 2. The van der Waals surface area contributed by atoms with E-state index in [1.54, 1.807) is 48.5 Å². The van der Waals surface area contributed by atoms with E-state index in [2.05, 4.69) is 11.9 Å². The van der Waals surface area contributed by atoms with Gasteiger partial charge in [-0.25, -0.2) is 9.69 Å². The van der Waals surface area contributed by atoms with Gasteiger partial charge in [-0.15, -0.1) is 6.58 Å². The number of non-ortho nitro benzene ring substituents is 1. The van der Waals surface area contributed by atoms with Gasteiger partial charge < -0.3 is 9.47 Å². The van der Waals surface area contributed by atoms with Crippen LogP contribution in [-0.4, -0.2) is 29.4 Å². The molecule has 4 amide bonds. The third-order valence-corrected chi connectivity index (χ3v) is 6.51. The molecule has 1 N–H and O–H groups in total. The maximum Gasteiger partial charge on any atom is 0.335 e. The molecule has 1 aliphatic heterocycles. The Labute approximate surface area is 237 Å². The van der Waals surface area contributed by atoms with E-state index in [0.29, 0.717) is 41.3 Å². The number of amides is 4. The lowest BCUT2D eigenvalue weighted by Gasteiger charge is -2.27. The van der Waals surface area contributed by atoms with E-state index in [4.69, 9.17) is 9.47 Å². The van der Waals surface area contributed by atoms with Crippen molar-refractivity contribution >= 4 is 35.3 Å². The first-order valence-corrected chi connectivity index (χ1v) is 12.9. The van der Waals surface area contributed by atoms with Crippen LogP contribution in [0.5, 0.6) is 11.5 Å². The highest BCUT2D eigenvalue weighted by atomic mass is 16.6. The number of aryl methyl sites for hydroxylation is 2. The maximum absolute atomic E-state index is 13.4. The lowest BCUT2D eigenvalue weighted by atomic mass is 10.0. The van der Waals surface area contributed by atoms with Gasteiger partial charge >= 0.3 is 6.03 Å². The van der Waals surface area contributed by atoms with Gasteiger partial charge in [0.05, 0.1) is 17.2 Å². The van der Waals surface area contributed by atoms with Gasteiger partial charge in [0.1, 0.15) is 12.2 Å². The molecule has 3 aromatic rings. The van der Waals surface area contributed by atoms with E-state index in [-0.39, 0.29) is 17.9 Å². The molecule has 3 aromatic carbocycles. The summed E-state index contributed by atoms with van der Waals surface area (Å²) in [7, 11) is 0. The Morgan fingerprint density at radius 2 is 1.73 bits per heavy atom. The summed E-state index contributed by atoms with van der Waals surface area (Å²) in [6.07, 6.45) is 3.48. The van der Waals surface area contributed by atoms with Crippen molar-refractivity contribution in [1.82, 2.24) is 5.32 Å². The van der Waals surface area contributed by atoms with Crippen LogP contribution in [0.2, 0.25) is 0 Å². The molecule has 0 bridgehead atoms. The van der Waals surface area contributed by atoms with Gasteiger partial charge in [-0.05, 0) is 91.9 Å². The number of carbonyl (C=O) groups excluding carboxylic acids is 3. The van der Waals surface area contributed by atoms with Crippen LogP contribution in [0.25, 0.3) is 6.08 Å². The molecular weight excluding hydrogens is 526 g/mol. The fraction of sp³-hybridized carbons (Fsp3) is 0.194. The molecule has 0 atom stereocenters. The minimum atomic E-state index is -0.822. The number of nitro benzene ring substituents is 1. The van der Waals surface area contributed by atoms with Crippen molar-refractivity contribution in [2.75, 3.05) is 11.5 Å². The molecule has 1 heterocycles. The van der Waals surface area contributed by atoms with Gasteiger partial charge in [0.25, 0.3) is 17.5 Å². The second-order valence-corrected chi connectivity index (χ2v) is 9.37. The van der Waals surface area contributed by atoms with E-state index in [9.17, 15) is 24.5 Å². The largest absolute Gasteiger partial charge is 0.490 e. The zero-order chi connectivity index (χ0) is 29.7. The Hall–Kier alpha value is -5.25. The summed E-state index contributed by atoms with van der Waals surface area (Å²) in [6.45, 7) is 9.85. The quantitative estimate of drug-likeness (QED) is 0.114. The van der Waals surface area contributed by atoms with Crippen molar-refractivity contribution in [1.29, 1.82) is 0 Å². The van der Waals surface area contributed by atoms with Gasteiger partial charge in [-0.3, -0.25) is 25.0 Å². The van der Waals surface area contributed by atoms with Gasteiger partial charge in [-0.1, -0.05) is 12.1 Å². The smallest absolute Gasteiger partial charge is 0.335 e. The highest BCUT2D eigenvalue weighted by molar-refractivity contribution is 6.39.